The van der Waals surface area contributed by atoms with Gasteiger partial charge in [-0.1, -0.05) is 6.07 Å². The van der Waals surface area contributed by atoms with Gasteiger partial charge in [-0.15, -0.1) is 23.7 Å². The third-order valence-corrected chi connectivity index (χ3v) is 5.68. The van der Waals surface area contributed by atoms with Crippen LogP contribution in [0.15, 0.2) is 41.8 Å². The van der Waals surface area contributed by atoms with Gasteiger partial charge < -0.3 is 5.73 Å². The molecule has 0 aromatic carbocycles. The Labute approximate surface area is 165 Å². The molecule has 0 atom stereocenters. The van der Waals surface area contributed by atoms with Crippen molar-refractivity contribution >= 4 is 45.0 Å². The Morgan fingerprint density at radius 2 is 1.89 bits per heavy atom. The van der Waals surface area contributed by atoms with Gasteiger partial charge in [0.25, 0.3) is 0 Å². The monoisotopic (exact) mass is 422 g/mol. The number of pyridine rings is 1. The molecule has 0 aliphatic heterocycles. The molecule has 0 spiro atoms. The maximum atomic E-state index is 12.2. The molecule has 0 fully saturated rings. The highest BCUT2D eigenvalue weighted by molar-refractivity contribution is 7.90. The lowest BCUT2D eigenvalue weighted by atomic mass is 10.1. The number of nitrogens with two attached hydrogens (primary N) is 1. The molecule has 11 heteroatoms. The summed E-state index contributed by atoms with van der Waals surface area (Å²) < 4.78 is 25.8. The average Bonchev–Trinajstić information content (AvgIpc) is 3.19. The van der Waals surface area contributed by atoms with E-state index < -0.39 is 9.84 Å². The number of nitrogens with zero attached hydrogens (tertiary/aromatic N) is 5. The maximum Gasteiger partial charge on any atom is 0.195 e. The van der Waals surface area contributed by atoms with E-state index in [1.165, 1.54) is 10.7 Å². The summed E-state index contributed by atoms with van der Waals surface area (Å²) in [5.41, 5.74) is 7.97. The van der Waals surface area contributed by atoms with E-state index >= 15 is 0 Å². The molecule has 4 aromatic heterocycles. The number of nitrogen functional groups attached to an aromatic ring is 1. The Bertz CT molecular complexity index is 1230. The number of thiazole rings is 1. The van der Waals surface area contributed by atoms with E-state index in [4.69, 9.17) is 5.73 Å². The van der Waals surface area contributed by atoms with E-state index in [-0.39, 0.29) is 17.4 Å². The molecule has 0 amide bonds. The lowest BCUT2D eigenvalue weighted by Gasteiger charge is -2.03. The van der Waals surface area contributed by atoms with Crippen molar-refractivity contribution in [1.82, 2.24) is 24.6 Å². The number of anilines is 1. The number of aromatic nitrogens is 5. The molecule has 140 valence electrons. The minimum Gasteiger partial charge on any atom is -0.384 e. The molecule has 0 saturated heterocycles. The molecule has 4 rings (SSSR count). The van der Waals surface area contributed by atoms with Crippen LogP contribution in [0, 0.1) is 6.92 Å². The highest BCUT2D eigenvalue weighted by atomic mass is 35.5. The van der Waals surface area contributed by atoms with Gasteiger partial charge in [0.1, 0.15) is 10.8 Å². The number of fused-ring (bicyclic) bond motifs is 1. The minimum absolute atomic E-state index is 0. The van der Waals surface area contributed by atoms with Crippen molar-refractivity contribution < 1.29 is 8.42 Å². The van der Waals surface area contributed by atoms with Crippen LogP contribution in [0.3, 0.4) is 0 Å². The molecular weight excluding hydrogens is 408 g/mol. The first kappa shape index (κ1) is 19.2. The Morgan fingerprint density at radius 3 is 2.48 bits per heavy atom. The van der Waals surface area contributed by atoms with E-state index in [2.05, 4.69) is 20.1 Å². The summed E-state index contributed by atoms with van der Waals surface area (Å²) in [6.07, 6.45) is 6.01. The highest BCUT2D eigenvalue weighted by Gasteiger charge is 2.24. The SMILES string of the molecule is Cc1cnc(-c2ccc(-c3c(S(C)(=O)=O)nn4c(N)ccnc34)cn2)s1.Cl. The summed E-state index contributed by atoms with van der Waals surface area (Å²) >= 11 is 1.54. The van der Waals surface area contributed by atoms with Crippen molar-refractivity contribution in [3.63, 3.8) is 0 Å². The zero-order valence-corrected chi connectivity index (χ0v) is 16.8. The van der Waals surface area contributed by atoms with Crippen LogP contribution < -0.4 is 5.73 Å². The van der Waals surface area contributed by atoms with Gasteiger partial charge in [-0.2, -0.15) is 9.61 Å². The van der Waals surface area contributed by atoms with Gasteiger partial charge in [0, 0.05) is 35.3 Å². The standard InChI is InChI=1S/C16H14N6O2S2.ClH/c1-9-7-20-15(25-9)11-4-3-10(8-19-11)13-14-18-6-5-12(17)22(14)21-16(13)26(2,23)24;/h3-8H,17H2,1-2H3;1H. The molecule has 2 N–H and O–H groups in total. The summed E-state index contributed by atoms with van der Waals surface area (Å²) in [4.78, 5) is 14.1. The second kappa shape index (κ2) is 6.87. The minimum atomic E-state index is -3.58. The van der Waals surface area contributed by atoms with Crippen LogP contribution in [0.5, 0.6) is 0 Å². The smallest absolute Gasteiger partial charge is 0.195 e. The first-order chi connectivity index (χ1) is 12.3. The van der Waals surface area contributed by atoms with Crippen molar-refractivity contribution in [2.45, 2.75) is 11.9 Å². The Balaban J connectivity index is 0.00000210. The van der Waals surface area contributed by atoms with Crippen molar-refractivity contribution in [2.75, 3.05) is 12.0 Å². The number of rotatable bonds is 3. The van der Waals surface area contributed by atoms with E-state index in [0.717, 1.165) is 21.8 Å². The third kappa shape index (κ3) is 3.38. The van der Waals surface area contributed by atoms with Gasteiger partial charge in [0.05, 0.1) is 11.3 Å². The quantitative estimate of drug-likeness (QED) is 0.539. The van der Waals surface area contributed by atoms with Crippen molar-refractivity contribution in [3.05, 3.63) is 41.7 Å². The van der Waals surface area contributed by atoms with Crippen LogP contribution in [0.2, 0.25) is 0 Å². The summed E-state index contributed by atoms with van der Waals surface area (Å²) in [5.74, 6) is 0.300. The highest BCUT2D eigenvalue weighted by Crippen LogP contribution is 2.32. The zero-order chi connectivity index (χ0) is 18.5. The fraction of sp³-hybridized carbons (Fsp3) is 0.125. The lowest BCUT2D eigenvalue weighted by Crippen LogP contribution is -2.02. The summed E-state index contributed by atoms with van der Waals surface area (Å²) in [6.45, 7) is 1.98. The lowest BCUT2D eigenvalue weighted by molar-refractivity contribution is 0.597. The summed E-state index contributed by atoms with van der Waals surface area (Å²) in [5, 5.41) is 4.87. The van der Waals surface area contributed by atoms with Crippen LogP contribution in [0.4, 0.5) is 5.82 Å². The molecule has 0 saturated carbocycles. The molecule has 0 aliphatic carbocycles. The predicted molar refractivity (Wildman–Crippen MR) is 107 cm³/mol. The molecule has 8 nitrogen and oxygen atoms in total. The van der Waals surface area contributed by atoms with Gasteiger partial charge in [0.2, 0.25) is 0 Å². The molecule has 4 heterocycles. The zero-order valence-electron chi connectivity index (χ0n) is 14.3. The first-order valence-corrected chi connectivity index (χ1v) is 10.3. The van der Waals surface area contributed by atoms with Crippen molar-refractivity contribution in [1.29, 1.82) is 0 Å². The second-order valence-corrected chi connectivity index (χ2v) is 8.93. The number of sulfone groups is 1. The molecular formula is C16H15ClN6O2S2. The molecule has 0 unspecified atom stereocenters. The van der Waals surface area contributed by atoms with Gasteiger partial charge >= 0.3 is 0 Å². The maximum absolute atomic E-state index is 12.2. The van der Waals surface area contributed by atoms with E-state index in [1.807, 2.05) is 6.92 Å². The predicted octanol–water partition coefficient (Wildman–Crippen LogP) is 2.63. The van der Waals surface area contributed by atoms with Gasteiger partial charge in [-0.3, -0.25) is 4.98 Å². The fourth-order valence-electron chi connectivity index (χ4n) is 2.60. The Hall–Kier alpha value is -2.56. The largest absolute Gasteiger partial charge is 0.384 e. The number of hydrogen-bond acceptors (Lipinski definition) is 8. The van der Waals surface area contributed by atoms with Crippen molar-refractivity contribution in [3.8, 4) is 21.8 Å². The fourth-order valence-corrected chi connectivity index (χ4v) is 4.15. The van der Waals surface area contributed by atoms with Crippen LogP contribution in [-0.2, 0) is 9.84 Å². The number of aryl methyl sites for hydroxylation is 1. The van der Waals surface area contributed by atoms with Crippen LogP contribution >= 0.6 is 23.7 Å². The second-order valence-electron chi connectivity index (χ2n) is 5.77. The Morgan fingerprint density at radius 1 is 1.11 bits per heavy atom. The molecule has 0 bridgehead atoms. The normalized spacial score (nSPS) is 11.5. The number of hydrogen-bond donors (Lipinski definition) is 1. The molecule has 27 heavy (non-hydrogen) atoms. The summed E-state index contributed by atoms with van der Waals surface area (Å²) in [7, 11) is -3.58. The van der Waals surface area contributed by atoms with Crippen molar-refractivity contribution in [2.24, 2.45) is 0 Å². The van der Waals surface area contributed by atoms with E-state index in [9.17, 15) is 8.42 Å². The van der Waals surface area contributed by atoms with E-state index in [0.29, 0.717) is 22.6 Å². The third-order valence-electron chi connectivity index (χ3n) is 3.76. The average molecular weight is 423 g/mol. The summed E-state index contributed by atoms with van der Waals surface area (Å²) in [6, 6.07) is 5.15. The van der Waals surface area contributed by atoms with Crippen LogP contribution in [-0.4, -0.2) is 39.2 Å². The van der Waals surface area contributed by atoms with Gasteiger partial charge in [0.15, 0.2) is 20.5 Å². The van der Waals surface area contributed by atoms with Gasteiger partial charge in [-0.25, -0.2) is 18.4 Å². The molecule has 0 radical (unpaired) electrons. The van der Waals surface area contributed by atoms with E-state index in [1.54, 1.807) is 41.9 Å². The first-order valence-electron chi connectivity index (χ1n) is 7.57. The Kier molecular flexibility index (Phi) is 4.89. The van der Waals surface area contributed by atoms with Crippen LogP contribution in [0.25, 0.3) is 27.5 Å². The number of halogens is 1. The topological polar surface area (TPSA) is 116 Å². The molecule has 0 aliphatic rings. The van der Waals surface area contributed by atoms with Crippen LogP contribution in [0.1, 0.15) is 4.88 Å². The molecule has 4 aromatic rings. The van der Waals surface area contributed by atoms with Gasteiger partial charge in [-0.05, 0) is 19.1 Å².